The third-order valence-electron chi connectivity index (χ3n) is 3.84. The van der Waals surface area contributed by atoms with Gasteiger partial charge in [-0.2, -0.15) is 0 Å². The molecular weight excluding hydrogens is 360 g/mol. The second-order valence-corrected chi connectivity index (χ2v) is 7.63. The first-order chi connectivity index (χ1) is 13.0. The van der Waals surface area contributed by atoms with Crippen LogP contribution in [0.3, 0.4) is 0 Å². The summed E-state index contributed by atoms with van der Waals surface area (Å²) in [6.07, 6.45) is -1.07. The Kier molecular flexibility index (Phi) is 6.61. The van der Waals surface area contributed by atoms with E-state index in [0.29, 0.717) is 5.75 Å². The average molecular weight is 384 g/mol. The summed E-state index contributed by atoms with van der Waals surface area (Å²) in [5.74, 6) is 1.46. The monoisotopic (exact) mass is 384 g/mol. The second kappa shape index (κ2) is 9.13. The van der Waals surface area contributed by atoms with Gasteiger partial charge in [-0.15, -0.1) is 0 Å². The predicted molar refractivity (Wildman–Crippen MR) is 109 cm³/mol. The summed E-state index contributed by atoms with van der Waals surface area (Å²) in [5, 5.41) is 21.0. The molecule has 0 spiro atoms. The molecule has 0 saturated carbocycles. The van der Waals surface area contributed by atoms with E-state index in [1.54, 1.807) is 25.6 Å². The van der Waals surface area contributed by atoms with Crippen LogP contribution in [0, 0.1) is 0 Å². The molecule has 0 aromatic heterocycles. The largest absolute Gasteiger partial charge is 0.491 e. The fraction of sp³-hybridized carbons (Fsp3) is 0.273. The molecule has 0 amide bonds. The van der Waals surface area contributed by atoms with Gasteiger partial charge in [-0.1, -0.05) is 36.0 Å². The van der Waals surface area contributed by atoms with E-state index >= 15 is 0 Å². The van der Waals surface area contributed by atoms with Gasteiger partial charge in [0, 0.05) is 10.3 Å². The molecule has 27 heavy (non-hydrogen) atoms. The Bertz CT molecular complexity index is 878. The van der Waals surface area contributed by atoms with Crippen LogP contribution in [-0.2, 0) is 0 Å². The zero-order valence-corrected chi connectivity index (χ0v) is 16.3. The SMILES string of the molecule is CC(O)COc1ccc2c(OCC(C)O)c(Sc3ccccc3)ccc2c1. The minimum Gasteiger partial charge on any atom is -0.491 e. The molecule has 2 N–H and O–H groups in total. The van der Waals surface area contributed by atoms with Crippen LogP contribution in [0.1, 0.15) is 13.8 Å². The average Bonchev–Trinajstić information content (AvgIpc) is 2.66. The smallest absolute Gasteiger partial charge is 0.141 e. The second-order valence-electron chi connectivity index (χ2n) is 6.51. The first kappa shape index (κ1) is 19.5. The zero-order valence-electron chi connectivity index (χ0n) is 15.5. The molecule has 0 bridgehead atoms. The zero-order chi connectivity index (χ0) is 19.2. The van der Waals surface area contributed by atoms with Gasteiger partial charge in [-0.25, -0.2) is 0 Å². The number of fused-ring (bicyclic) bond motifs is 1. The van der Waals surface area contributed by atoms with Crippen LogP contribution < -0.4 is 9.47 Å². The van der Waals surface area contributed by atoms with Gasteiger partial charge in [0.25, 0.3) is 0 Å². The Balaban J connectivity index is 1.96. The van der Waals surface area contributed by atoms with Gasteiger partial charge in [-0.3, -0.25) is 0 Å². The molecule has 4 nitrogen and oxygen atoms in total. The fourth-order valence-electron chi connectivity index (χ4n) is 2.61. The van der Waals surface area contributed by atoms with Gasteiger partial charge in [0.05, 0.1) is 17.1 Å². The van der Waals surface area contributed by atoms with Crippen molar-refractivity contribution in [3.05, 3.63) is 60.7 Å². The molecule has 3 aromatic carbocycles. The Morgan fingerprint density at radius 1 is 0.852 bits per heavy atom. The number of benzene rings is 3. The van der Waals surface area contributed by atoms with Crippen molar-refractivity contribution in [2.45, 2.75) is 35.8 Å². The molecule has 0 saturated heterocycles. The highest BCUT2D eigenvalue weighted by molar-refractivity contribution is 7.99. The molecule has 142 valence electrons. The van der Waals surface area contributed by atoms with Crippen LogP contribution in [0.25, 0.3) is 10.8 Å². The molecule has 2 atom stereocenters. The van der Waals surface area contributed by atoms with E-state index < -0.39 is 12.2 Å². The number of hydrogen-bond donors (Lipinski definition) is 2. The summed E-state index contributed by atoms with van der Waals surface area (Å²) >= 11 is 1.63. The van der Waals surface area contributed by atoms with Crippen molar-refractivity contribution in [3.63, 3.8) is 0 Å². The lowest BCUT2D eigenvalue weighted by Crippen LogP contribution is -2.13. The highest BCUT2D eigenvalue weighted by atomic mass is 32.2. The van der Waals surface area contributed by atoms with Crippen molar-refractivity contribution < 1.29 is 19.7 Å². The third kappa shape index (κ3) is 5.39. The van der Waals surface area contributed by atoms with E-state index in [9.17, 15) is 10.2 Å². The summed E-state index contributed by atoms with van der Waals surface area (Å²) in [5.41, 5.74) is 0. The first-order valence-electron chi connectivity index (χ1n) is 8.94. The van der Waals surface area contributed by atoms with E-state index in [1.807, 2.05) is 48.5 Å². The molecule has 0 aliphatic heterocycles. The predicted octanol–water partition coefficient (Wildman–Crippen LogP) is 4.51. The number of aliphatic hydroxyl groups excluding tert-OH is 2. The van der Waals surface area contributed by atoms with Crippen molar-refractivity contribution in [2.75, 3.05) is 13.2 Å². The third-order valence-corrected chi connectivity index (χ3v) is 4.89. The van der Waals surface area contributed by atoms with Crippen LogP contribution >= 0.6 is 11.8 Å². The van der Waals surface area contributed by atoms with E-state index in [0.717, 1.165) is 26.3 Å². The van der Waals surface area contributed by atoms with Crippen LogP contribution in [0.2, 0.25) is 0 Å². The molecule has 0 heterocycles. The van der Waals surface area contributed by atoms with Crippen LogP contribution in [0.5, 0.6) is 11.5 Å². The molecule has 5 heteroatoms. The highest BCUT2D eigenvalue weighted by Gasteiger charge is 2.13. The molecule has 3 aromatic rings. The van der Waals surface area contributed by atoms with E-state index in [1.165, 1.54) is 0 Å². The van der Waals surface area contributed by atoms with Gasteiger partial charge >= 0.3 is 0 Å². The fourth-order valence-corrected chi connectivity index (χ4v) is 3.56. The molecular formula is C22H24O4S. The number of rotatable bonds is 8. The summed E-state index contributed by atoms with van der Waals surface area (Å²) in [7, 11) is 0. The minimum atomic E-state index is -0.552. The molecule has 0 aliphatic rings. The van der Waals surface area contributed by atoms with E-state index in [-0.39, 0.29) is 13.2 Å². The maximum atomic E-state index is 9.66. The van der Waals surface area contributed by atoms with Gasteiger partial charge in [0.1, 0.15) is 24.7 Å². The van der Waals surface area contributed by atoms with E-state index in [4.69, 9.17) is 9.47 Å². The molecule has 0 radical (unpaired) electrons. The summed E-state index contributed by atoms with van der Waals surface area (Å²) in [6.45, 7) is 3.87. The Labute approximate surface area is 163 Å². The summed E-state index contributed by atoms with van der Waals surface area (Å²) in [4.78, 5) is 2.11. The Hall–Kier alpha value is -2.21. The van der Waals surface area contributed by atoms with E-state index in [2.05, 4.69) is 12.1 Å². The number of aliphatic hydroxyl groups is 2. The minimum absolute atomic E-state index is 0.224. The first-order valence-corrected chi connectivity index (χ1v) is 9.76. The lowest BCUT2D eigenvalue weighted by molar-refractivity contribution is 0.122. The van der Waals surface area contributed by atoms with Crippen molar-refractivity contribution in [2.24, 2.45) is 0 Å². The van der Waals surface area contributed by atoms with Gasteiger partial charge in [0.15, 0.2) is 0 Å². The molecule has 3 rings (SSSR count). The normalized spacial score (nSPS) is 13.3. The van der Waals surface area contributed by atoms with Crippen LogP contribution in [0.4, 0.5) is 0 Å². The maximum absolute atomic E-state index is 9.66. The Morgan fingerprint density at radius 2 is 1.56 bits per heavy atom. The van der Waals surface area contributed by atoms with Gasteiger partial charge < -0.3 is 19.7 Å². The lowest BCUT2D eigenvalue weighted by Gasteiger charge is -2.16. The summed E-state index contributed by atoms with van der Waals surface area (Å²) < 4.78 is 11.6. The quantitative estimate of drug-likeness (QED) is 0.598. The van der Waals surface area contributed by atoms with Crippen molar-refractivity contribution in [1.82, 2.24) is 0 Å². The molecule has 2 unspecified atom stereocenters. The van der Waals surface area contributed by atoms with Crippen LogP contribution in [-0.4, -0.2) is 35.6 Å². The van der Waals surface area contributed by atoms with Gasteiger partial charge in [0.2, 0.25) is 0 Å². The summed E-state index contributed by atoms with van der Waals surface area (Å²) in [6, 6.07) is 19.9. The lowest BCUT2D eigenvalue weighted by atomic mass is 10.1. The Morgan fingerprint density at radius 3 is 2.26 bits per heavy atom. The number of hydrogen-bond acceptors (Lipinski definition) is 5. The molecule has 0 aliphatic carbocycles. The standard InChI is InChI=1S/C22H24O4S/c1-15(23)13-25-18-9-10-20-17(12-18)8-11-21(22(20)26-14-16(2)24)27-19-6-4-3-5-7-19/h3-12,15-16,23-24H,13-14H2,1-2H3. The van der Waals surface area contributed by atoms with Crippen LogP contribution in [0.15, 0.2) is 70.5 Å². The number of ether oxygens (including phenoxy) is 2. The topological polar surface area (TPSA) is 58.9 Å². The van der Waals surface area contributed by atoms with Gasteiger partial charge in [-0.05, 0) is 55.6 Å². The highest BCUT2D eigenvalue weighted by Crippen LogP contribution is 2.40. The molecule has 0 fully saturated rings. The maximum Gasteiger partial charge on any atom is 0.141 e. The van der Waals surface area contributed by atoms with Crippen molar-refractivity contribution >= 4 is 22.5 Å². The van der Waals surface area contributed by atoms with Crippen molar-refractivity contribution in [3.8, 4) is 11.5 Å². The van der Waals surface area contributed by atoms with Crippen molar-refractivity contribution in [1.29, 1.82) is 0 Å².